The average molecular weight is 367 g/mol. The second-order valence-electron chi connectivity index (χ2n) is 5.30. The van der Waals surface area contributed by atoms with Crippen molar-refractivity contribution in [1.82, 2.24) is 19.4 Å². The van der Waals surface area contributed by atoms with Gasteiger partial charge in [0, 0.05) is 38.6 Å². The summed E-state index contributed by atoms with van der Waals surface area (Å²) in [4.78, 5) is 10.8. The molecular formula is C13H14F5N5S. The number of halogens is 5. The van der Waals surface area contributed by atoms with E-state index in [4.69, 9.17) is 0 Å². The molecule has 0 radical (unpaired) electrons. The normalized spacial score (nSPS) is 17.0. The quantitative estimate of drug-likeness (QED) is 0.779. The van der Waals surface area contributed by atoms with Crippen LogP contribution in [0.4, 0.5) is 27.1 Å². The van der Waals surface area contributed by atoms with Gasteiger partial charge < -0.3 is 4.90 Å². The predicted molar refractivity (Wildman–Crippen MR) is 78.1 cm³/mol. The summed E-state index contributed by atoms with van der Waals surface area (Å²) >= 11 is 0.615. The highest BCUT2D eigenvalue weighted by molar-refractivity contribution is 7.15. The van der Waals surface area contributed by atoms with E-state index in [0.29, 0.717) is 42.6 Å². The van der Waals surface area contributed by atoms with Gasteiger partial charge in [0.2, 0.25) is 0 Å². The molecule has 5 nitrogen and oxygen atoms in total. The summed E-state index contributed by atoms with van der Waals surface area (Å²) in [6.07, 6.45) is -0.994. The molecule has 0 N–H and O–H groups in total. The second kappa shape index (κ2) is 6.63. The molecule has 0 spiro atoms. The first kappa shape index (κ1) is 17.1. The molecule has 11 heteroatoms. The summed E-state index contributed by atoms with van der Waals surface area (Å²) in [6, 6.07) is 0. The molecule has 1 saturated heterocycles. The van der Waals surface area contributed by atoms with Crippen LogP contribution >= 0.6 is 11.3 Å². The standard InChI is InChI=1S/C13H14F5N5S/c14-11(15)23-2-1-19-10(23)8-21-3-5-22(6-4-21)12-20-7-9(24-12)13(16,17)18/h1-2,7,11H,3-6,8H2. The third kappa shape index (κ3) is 3.66. The van der Waals surface area contributed by atoms with Crippen LogP contribution in [0.15, 0.2) is 18.6 Å². The lowest BCUT2D eigenvalue weighted by Gasteiger charge is -2.34. The Balaban J connectivity index is 1.58. The fourth-order valence-electron chi connectivity index (χ4n) is 2.48. The molecular weight excluding hydrogens is 353 g/mol. The van der Waals surface area contributed by atoms with Crippen LogP contribution in [0.2, 0.25) is 0 Å². The van der Waals surface area contributed by atoms with Crippen LogP contribution in [0.25, 0.3) is 0 Å². The fraction of sp³-hybridized carbons (Fsp3) is 0.538. The molecule has 3 heterocycles. The molecule has 0 saturated carbocycles. The van der Waals surface area contributed by atoms with Gasteiger partial charge in [0.25, 0.3) is 0 Å². The van der Waals surface area contributed by atoms with Crippen molar-refractivity contribution in [2.45, 2.75) is 19.3 Å². The lowest BCUT2D eigenvalue weighted by molar-refractivity contribution is -0.134. The first-order valence-electron chi connectivity index (χ1n) is 7.15. The maximum Gasteiger partial charge on any atom is 0.427 e. The Morgan fingerprint density at radius 2 is 1.83 bits per heavy atom. The van der Waals surface area contributed by atoms with Crippen molar-refractivity contribution in [3.8, 4) is 0 Å². The van der Waals surface area contributed by atoms with Crippen molar-refractivity contribution in [1.29, 1.82) is 0 Å². The van der Waals surface area contributed by atoms with E-state index < -0.39 is 17.6 Å². The molecule has 0 aromatic carbocycles. The molecule has 24 heavy (non-hydrogen) atoms. The smallest absolute Gasteiger partial charge is 0.346 e. The van der Waals surface area contributed by atoms with Gasteiger partial charge in [-0.05, 0) is 0 Å². The zero-order chi connectivity index (χ0) is 17.3. The van der Waals surface area contributed by atoms with E-state index in [1.807, 2.05) is 4.90 Å². The van der Waals surface area contributed by atoms with Gasteiger partial charge in [0.15, 0.2) is 5.13 Å². The van der Waals surface area contributed by atoms with Crippen molar-refractivity contribution in [2.75, 3.05) is 31.1 Å². The number of thiazole rings is 1. The molecule has 1 aliphatic rings. The highest BCUT2D eigenvalue weighted by Gasteiger charge is 2.34. The number of piperazine rings is 1. The van der Waals surface area contributed by atoms with E-state index >= 15 is 0 Å². The average Bonchev–Trinajstić information content (AvgIpc) is 3.16. The molecule has 1 fully saturated rings. The van der Waals surface area contributed by atoms with Crippen LogP contribution in [0.3, 0.4) is 0 Å². The number of anilines is 1. The van der Waals surface area contributed by atoms with E-state index in [2.05, 4.69) is 9.97 Å². The van der Waals surface area contributed by atoms with Crippen LogP contribution in [0.5, 0.6) is 0 Å². The third-order valence-electron chi connectivity index (χ3n) is 3.74. The summed E-state index contributed by atoms with van der Waals surface area (Å²) in [6.45, 7) is -0.314. The van der Waals surface area contributed by atoms with Crippen LogP contribution in [0, 0.1) is 0 Å². The molecule has 0 unspecified atom stereocenters. The van der Waals surface area contributed by atoms with Gasteiger partial charge in [0.05, 0.1) is 12.7 Å². The fourth-order valence-corrected chi connectivity index (χ4v) is 3.32. The lowest BCUT2D eigenvalue weighted by atomic mass is 10.3. The van der Waals surface area contributed by atoms with Gasteiger partial charge in [-0.2, -0.15) is 22.0 Å². The Labute approximate surface area is 138 Å². The predicted octanol–water partition coefficient (Wildman–Crippen LogP) is 3.08. The topological polar surface area (TPSA) is 37.2 Å². The van der Waals surface area contributed by atoms with Crippen molar-refractivity contribution >= 4 is 16.5 Å². The number of hydrogen-bond acceptors (Lipinski definition) is 5. The van der Waals surface area contributed by atoms with Gasteiger partial charge in [0.1, 0.15) is 10.7 Å². The number of rotatable bonds is 4. The van der Waals surface area contributed by atoms with Gasteiger partial charge in [-0.3, -0.25) is 9.47 Å². The van der Waals surface area contributed by atoms with Crippen molar-refractivity contribution < 1.29 is 22.0 Å². The summed E-state index contributed by atoms with van der Waals surface area (Å²) in [5, 5.41) is 0.330. The number of nitrogens with zero attached hydrogens (tertiary/aromatic N) is 5. The van der Waals surface area contributed by atoms with Gasteiger partial charge in [-0.15, -0.1) is 0 Å². The monoisotopic (exact) mass is 367 g/mol. The minimum absolute atomic E-state index is 0.270. The molecule has 0 bridgehead atoms. The second-order valence-corrected chi connectivity index (χ2v) is 6.31. The third-order valence-corrected chi connectivity index (χ3v) is 4.84. The van der Waals surface area contributed by atoms with E-state index in [-0.39, 0.29) is 12.4 Å². The van der Waals surface area contributed by atoms with Crippen molar-refractivity contribution in [2.24, 2.45) is 0 Å². The SMILES string of the molecule is FC(F)n1ccnc1CN1CCN(c2ncc(C(F)(F)F)s2)CC1. The highest BCUT2D eigenvalue weighted by Crippen LogP contribution is 2.36. The number of imidazole rings is 1. The zero-order valence-electron chi connectivity index (χ0n) is 12.4. The number of aromatic nitrogens is 3. The zero-order valence-corrected chi connectivity index (χ0v) is 13.2. The van der Waals surface area contributed by atoms with Gasteiger partial charge in [-0.1, -0.05) is 11.3 Å². The van der Waals surface area contributed by atoms with E-state index in [0.717, 1.165) is 10.8 Å². The van der Waals surface area contributed by atoms with E-state index in [9.17, 15) is 22.0 Å². The lowest BCUT2D eigenvalue weighted by Crippen LogP contribution is -2.46. The molecule has 3 rings (SSSR count). The number of hydrogen-bond donors (Lipinski definition) is 0. The van der Waals surface area contributed by atoms with Crippen LogP contribution in [0.1, 0.15) is 17.3 Å². The Morgan fingerprint density at radius 1 is 1.12 bits per heavy atom. The maximum atomic E-state index is 12.8. The number of alkyl halides is 5. The van der Waals surface area contributed by atoms with Crippen molar-refractivity contribution in [3.63, 3.8) is 0 Å². The summed E-state index contributed by atoms with van der Waals surface area (Å²) < 4.78 is 64.3. The summed E-state index contributed by atoms with van der Waals surface area (Å²) in [7, 11) is 0. The molecule has 132 valence electrons. The molecule has 0 aliphatic carbocycles. The van der Waals surface area contributed by atoms with Gasteiger partial charge >= 0.3 is 12.7 Å². The summed E-state index contributed by atoms with van der Waals surface area (Å²) in [5.41, 5.74) is 0. The Morgan fingerprint density at radius 3 is 2.42 bits per heavy atom. The maximum absolute atomic E-state index is 12.8. The van der Waals surface area contributed by atoms with E-state index in [1.165, 1.54) is 12.4 Å². The molecule has 0 amide bonds. The van der Waals surface area contributed by atoms with Crippen LogP contribution < -0.4 is 4.90 Å². The largest absolute Gasteiger partial charge is 0.427 e. The van der Waals surface area contributed by atoms with Crippen molar-refractivity contribution in [3.05, 3.63) is 29.3 Å². The molecule has 2 aromatic heterocycles. The minimum Gasteiger partial charge on any atom is -0.346 e. The molecule has 1 aliphatic heterocycles. The Kier molecular flexibility index (Phi) is 4.72. The Hall–Kier alpha value is -1.75. The summed E-state index contributed by atoms with van der Waals surface area (Å²) in [5.74, 6) is 0.270. The first-order chi connectivity index (χ1) is 11.3. The minimum atomic E-state index is -4.38. The highest BCUT2D eigenvalue weighted by atomic mass is 32.1. The van der Waals surface area contributed by atoms with Crippen LogP contribution in [-0.4, -0.2) is 45.6 Å². The molecule has 0 atom stereocenters. The Bertz CT molecular complexity index is 674. The van der Waals surface area contributed by atoms with E-state index in [1.54, 1.807) is 4.90 Å². The first-order valence-corrected chi connectivity index (χ1v) is 7.96. The van der Waals surface area contributed by atoms with Gasteiger partial charge in [-0.25, -0.2) is 9.97 Å². The van der Waals surface area contributed by atoms with Crippen LogP contribution in [-0.2, 0) is 12.7 Å². The molecule has 2 aromatic rings.